The van der Waals surface area contributed by atoms with Gasteiger partial charge in [0.15, 0.2) is 6.10 Å². The Balaban J connectivity index is 2.97. The van der Waals surface area contributed by atoms with Gasteiger partial charge in [-0.3, -0.25) is 0 Å². The molecule has 2 atom stereocenters. The van der Waals surface area contributed by atoms with Gasteiger partial charge in [-0.15, -0.1) is 0 Å². The molecule has 0 amide bonds. The zero-order chi connectivity index (χ0) is 13.5. The number of hydrogen-bond acceptors (Lipinski definition) is 3. The first kappa shape index (κ1) is 14.8. The molecule has 1 rings (SSSR count). The summed E-state index contributed by atoms with van der Waals surface area (Å²) in [5.41, 5.74) is 6.85. The number of rotatable bonds is 6. The maximum Gasteiger partial charge on any atom is 0.184 e. The summed E-state index contributed by atoms with van der Waals surface area (Å²) in [6.07, 6.45) is 1.73. The van der Waals surface area contributed by atoms with Gasteiger partial charge in [0.1, 0.15) is 11.8 Å². The lowest BCUT2D eigenvalue weighted by Gasteiger charge is -2.17. The molecule has 0 heterocycles. The highest BCUT2D eigenvalue weighted by Gasteiger charge is 2.14. The fourth-order valence-corrected chi connectivity index (χ4v) is 1.85. The minimum Gasteiger partial charge on any atom is -0.475 e. The summed E-state index contributed by atoms with van der Waals surface area (Å²) < 4.78 is 5.67. The van der Waals surface area contributed by atoms with Crippen LogP contribution in [-0.4, -0.2) is 12.1 Å². The molecule has 1 aromatic carbocycles. The third-order valence-corrected chi connectivity index (χ3v) is 3.20. The molecule has 3 nitrogen and oxygen atoms in total. The molecule has 0 saturated carbocycles. The van der Waals surface area contributed by atoms with E-state index < -0.39 is 6.10 Å². The van der Waals surface area contributed by atoms with Crippen LogP contribution in [0, 0.1) is 11.3 Å². The predicted molar refractivity (Wildman–Crippen MR) is 73.7 cm³/mol. The van der Waals surface area contributed by atoms with Gasteiger partial charge in [0, 0.05) is 16.6 Å². The van der Waals surface area contributed by atoms with Gasteiger partial charge in [0.25, 0.3) is 0 Å². The van der Waals surface area contributed by atoms with Gasteiger partial charge in [-0.1, -0.05) is 31.5 Å². The molecule has 18 heavy (non-hydrogen) atoms. The van der Waals surface area contributed by atoms with E-state index in [0.29, 0.717) is 23.6 Å². The number of halogens is 1. The Morgan fingerprint density at radius 2 is 2.11 bits per heavy atom. The monoisotopic (exact) mass is 266 g/mol. The molecule has 4 heteroatoms. The molecule has 2 N–H and O–H groups in total. The van der Waals surface area contributed by atoms with Gasteiger partial charge in [-0.2, -0.15) is 5.26 Å². The lowest BCUT2D eigenvalue weighted by atomic mass is 10.0. The summed E-state index contributed by atoms with van der Waals surface area (Å²) in [4.78, 5) is 0. The summed E-state index contributed by atoms with van der Waals surface area (Å²) in [6, 6.07) is 7.65. The van der Waals surface area contributed by atoms with E-state index in [0.717, 1.165) is 12.0 Å². The third kappa shape index (κ3) is 3.90. The number of nitriles is 1. The standard InChI is InChI=1S/C14H19ClN2O/c1-3-10(17)8-12-13(15)6-5-7-14(12)18-11(4-2)9-16/h5-7,10-11H,3-4,8,17H2,1-2H3. The predicted octanol–water partition coefficient (Wildman–Crippen LogP) is 3.30. The van der Waals surface area contributed by atoms with Gasteiger partial charge < -0.3 is 10.5 Å². The van der Waals surface area contributed by atoms with Crippen molar-refractivity contribution in [2.75, 3.05) is 0 Å². The Labute approximate surface area is 114 Å². The zero-order valence-electron chi connectivity index (χ0n) is 10.8. The second kappa shape index (κ2) is 7.25. The Morgan fingerprint density at radius 1 is 1.39 bits per heavy atom. The van der Waals surface area contributed by atoms with Gasteiger partial charge in [-0.25, -0.2) is 0 Å². The number of ether oxygens (including phenoxy) is 1. The summed E-state index contributed by atoms with van der Waals surface area (Å²) >= 11 is 6.18. The molecule has 0 aliphatic rings. The lowest BCUT2D eigenvalue weighted by Crippen LogP contribution is -2.22. The highest BCUT2D eigenvalue weighted by molar-refractivity contribution is 6.31. The molecule has 0 aromatic heterocycles. The van der Waals surface area contributed by atoms with Crippen LogP contribution in [0.15, 0.2) is 18.2 Å². The summed E-state index contributed by atoms with van der Waals surface area (Å²) in [6.45, 7) is 3.95. The normalized spacial score (nSPS) is 13.7. The van der Waals surface area contributed by atoms with E-state index in [2.05, 4.69) is 6.07 Å². The van der Waals surface area contributed by atoms with Gasteiger partial charge in [0.05, 0.1) is 0 Å². The van der Waals surface area contributed by atoms with E-state index in [9.17, 15) is 0 Å². The van der Waals surface area contributed by atoms with Crippen molar-refractivity contribution in [3.05, 3.63) is 28.8 Å². The number of nitrogens with zero attached hydrogens (tertiary/aromatic N) is 1. The maximum atomic E-state index is 8.94. The van der Waals surface area contributed by atoms with E-state index in [1.807, 2.05) is 32.0 Å². The molecule has 98 valence electrons. The molecule has 0 bridgehead atoms. The molecule has 0 spiro atoms. The van der Waals surface area contributed by atoms with E-state index in [1.165, 1.54) is 0 Å². The maximum absolute atomic E-state index is 8.94. The molecule has 0 radical (unpaired) electrons. The van der Waals surface area contributed by atoms with E-state index >= 15 is 0 Å². The smallest absolute Gasteiger partial charge is 0.184 e. The number of nitrogens with two attached hydrogens (primary N) is 1. The fraction of sp³-hybridized carbons (Fsp3) is 0.500. The topological polar surface area (TPSA) is 59.0 Å². The van der Waals surface area contributed by atoms with Crippen molar-refractivity contribution in [3.8, 4) is 11.8 Å². The van der Waals surface area contributed by atoms with Crippen LogP contribution in [0.3, 0.4) is 0 Å². The first-order valence-electron chi connectivity index (χ1n) is 6.21. The summed E-state index contributed by atoms with van der Waals surface area (Å²) in [5, 5.41) is 9.59. The zero-order valence-corrected chi connectivity index (χ0v) is 11.6. The minimum absolute atomic E-state index is 0.0504. The Bertz CT molecular complexity index is 428. The van der Waals surface area contributed by atoms with Gasteiger partial charge in [0.2, 0.25) is 0 Å². The number of benzene rings is 1. The van der Waals surface area contributed by atoms with Crippen LogP contribution in [0.25, 0.3) is 0 Å². The quantitative estimate of drug-likeness (QED) is 0.859. The highest BCUT2D eigenvalue weighted by Crippen LogP contribution is 2.29. The molecule has 0 saturated heterocycles. The molecule has 1 aromatic rings. The molecule has 2 unspecified atom stereocenters. The van der Waals surface area contributed by atoms with Crippen LogP contribution in [0.1, 0.15) is 32.3 Å². The first-order chi connectivity index (χ1) is 8.62. The Kier molecular flexibility index (Phi) is 5.97. The largest absolute Gasteiger partial charge is 0.475 e. The van der Waals surface area contributed by atoms with Gasteiger partial charge in [-0.05, 0) is 31.4 Å². The third-order valence-electron chi connectivity index (χ3n) is 2.85. The average molecular weight is 267 g/mol. The van der Waals surface area contributed by atoms with Crippen molar-refractivity contribution in [3.63, 3.8) is 0 Å². The van der Waals surface area contributed by atoms with Crippen molar-refractivity contribution in [2.45, 2.75) is 45.3 Å². The van der Waals surface area contributed by atoms with Crippen molar-refractivity contribution in [1.82, 2.24) is 0 Å². The van der Waals surface area contributed by atoms with Crippen LogP contribution < -0.4 is 10.5 Å². The number of hydrogen-bond donors (Lipinski definition) is 1. The van der Waals surface area contributed by atoms with Crippen molar-refractivity contribution in [1.29, 1.82) is 5.26 Å². The first-order valence-corrected chi connectivity index (χ1v) is 6.59. The van der Waals surface area contributed by atoms with Gasteiger partial charge >= 0.3 is 0 Å². The second-order valence-corrected chi connectivity index (χ2v) is 4.64. The summed E-state index contributed by atoms with van der Waals surface area (Å²) in [7, 11) is 0. The molecular weight excluding hydrogens is 248 g/mol. The molecule has 0 fully saturated rings. The van der Waals surface area contributed by atoms with Crippen LogP contribution in [-0.2, 0) is 6.42 Å². The van der Waals surface area contributed by atoms with Crippen molar-refractivity contribution < 1.29 is 4.74 Å². The van der Waals surface area contributed by atoms with E-state index in [4.69, 9.17) is 27.3 Å². The van der Waals surface area contributed by atoms with Crippen molar-refractivity contribution >= 4 is 11.6 Å². The molecular formula is C14H19ClN2O. The Hall–Kier alpha value is -1.24. The second-order valence-electron chi connectivity index (χ2n) is 4.23. The highest BCUT2D eigenvalue weighted by atomic mass is 35.5. The average Bonchev–Trinajstić information content (AvgIpc) is 2.39. The SMILES string of the molecule is CCC(N)Cc1c(Cl)cccc1OC(C#N)CC. The minimum atomic E-state index is -0.444. The Morgan fingerprint density at radius 3 is 2.67 bits per heavy atom. The van der Waals surface area contributed by atoms with Crippen LogP contribution in [0.5, 0.6) is 5.75 Å². The van der Waals surface area contributed by atoms with Crippen LogP contribution >= 0.6 is 11.6 Å². The van der Waals surface area contributed by atoms with Crippen LogP contribution in [0.4, 0.5) is 0 Å². The molecule has 0 aliphatic heterocycles. The fourth-order valence-electron chi connectivity index (χ4n) is 1.61. The van der Waals surface area contributed by atoms with Crippen molar-refractivity contribution in [2.24, 2.45) is 5.73 Å². The van der Waals surface area contributed by atoms with E-state index in [1.54, 1.807) is 0 Å². The molecule has 0 aliphatic carbocycles. The van der Waals surface area contributed by atoms with E-state index in [-0.39, 0.29) is 6.04 Å². The lowest BCUT2D eigenvalue weighted by molar-refractivity contribution is 0.249. The summed E-state index contributed by atoms with van der Waals surface area (Å²) in [5.74, 6) is 0.666. The van der Waals surface area contributed by atoms with Crippen LogP contribution in [0.2, 0.25) is 5.02 Å².